The molecule has 13 heavy (non-hydrogen) atoms. The van der Waals surface area contributed by atoms with E-state index in [-0.39, 0.29) is 24.5 Å². The van der Waals surface area contributed by atoms with E-state index >= 15 is 0 Å². The molecule has 1 fully saturated rings. The fourth-order valence-electron chi connectivity index (χ4n) is 1.98. The van der Waals surface area contributed by atoms with Gasteiger partial charge in [-0.3, -0.25) is 10.3 Å². The van der Waals surface area contributed by atoms with Crippen LogP contribution in [0.1, 0.15) is 20.3 Å². The van der Waals surface area contributed by atoms with Crippen molar-refractivity contribution in [3.63, 3.8) is 0 Å². The van der Waals surface area contributed by atoms with Gasteiger partial charge in [0, 0.05) is 6.04 Å². The molecule has 1 heterocycles. The molecule has 3 unspecified atom stereocenters. The highest BCUT2D eigenvalue weighted by atomic mass is 16.3. The fraction of sp³-hybridized carbons (Fsp3) is 0.889. The summed E-state index contributed by atoms with van der Waals surface area (Å²) in [5.74, 6) is 0.694. The number of rotatable bonds is 3. The number of amidine groups is 1. The van der Waals surface area contributed by atoms with Gasteiger partial charge in [0.25, 0.3) is 0 Å². The molecule has 0 aromatic rings. The van der Waals surface area contributed by atoms with E-state index in [2.05, 4.69) is 11.8 Å². The third kappa shape index (κ3) is 2.00. The van der Waals surface area contributed by atoms with E-state index in [1.165, 1.54) is 0 Å². The molecule has 76 valence electrons. The predicted molar refractivity (Wildman–Crippen MR) is 52.7 cm³/mol. The Kier molecular flexibility index (Phi) is 3.27. The van der Waals surface area contributed by atoms with E-state index in [1.807, 2.05) is 6.92 Å². The number of aliphatic hydroxyl groups excluding tert-OH is 1. The number of likely N-dealkylation sites (tertiary alicyclic amines) is 1. The molecule has 0 aromatic carbocycles. The Labute approximate surface area is 79.2 Å². The van der Waals surface area contributed by atoms with Crippen molar-refractivity contribution >= 4 is 5.84 Å². The number of nitrogens with zero attached hydrogens (tertiary/aromatic N) is 1. The lowest BCUT2D eigenvalue weighted by Gasteiger charge is -2.30. The SMILES string of the molecule is CC1CCN(C(C)C(=N)N)C1CO. The molecule has 1 aliphatic rings. The molecule has 1 saturated heterocycles. The van der Waals surface area contributed by atoms with E-state index in [4.69, 9.17) is 11.1 Å². The highest BCUT2D eigenvalue weighted by Gasteiger charge is 2.34. The van der Waals surface area contributed by atoms with Gasteiger partial charge >= 0.3 is 0 Å². The Balaban J connectivity index is 2.64. The van der Waals surface area contributed by atoms with Crippen LogP contribution in [-0.4, -0.2) is 41.1 Å². The molecule has 4 nitrogen and oxygen atoms in total. The minimum absolute atomic E-state index is 0.0397. The van der Waals surface area contributed by atoms with Gasteiger partial charge in [0.2, 0.25) is 0 Å². The number of hydrogen-bond donors (Lipinski definition) is 3. The summed E-state index contributed by atoms with van der Waals surface area (Å²) in [5.41, 5.74) is 5.44. The molecule has 4 heteroatoms. The van der Waals surface area contributed by atoms with Crippen molar-refractivity contribution < 1.29 is 5.11 Å². The van der Waals surface area contributed by atoms with Gasteiger partial charge < -0.3 is 10.8 Å². The van der Waals surface area contributed by atoms with Crippen LogP contribution in [0.4, 0.5) is 0 Å². The molecule has 3 atom stereocenters. The largest absolute Gasteiger partial charge is 0.395 e. The summed E-state index contributed by atoms with van der Waals surface area (Å²) in [4.78, 5) is 2.12. The smallest absolute Gasteiger partial charge is 0.108 e. The minimum Gasteiger partial charge on any atom is -0.395 e. The van der Waals surface area contributed by atoms with Crippen LogP contribution in [-0.2, 0) is 0 Å². The van der Waals surface area contributed by atoms with Crippen LogP contribution in [0.2, 0.25) is 0 Å². The number of hydrogen-bond acceptors (Lipinski definition) is 3. The standard InChI is InChI=1S/C9H19N3O/c1-6-3-4-12(8(6)5-13)7(2)9(10)11/h6-8,13H,3-5H2,1-2H3,(H3,10,11). The molecular weight excluding hydrogens is 166 g/mol. The molecule has 0 radical (unpaired) electrons. The first-order valence-corrected chi connectivity index (χ1v) is 4.78. The van der Waals surface area contributed by atoms with E-state index in [0.29, 0.717) is 5.92 Å². The van der Waals surface area contributed by atoms with Crippen molar-refractivity contribution in [2.45, 2.75) is 32.4 Å². The summed E-state index contributed by atoms with van der Waals surface area (Å²) < 4.78 is 0. The van der Waals surface area contributed by atoms with Gasteiger partial charge in [0.1, 0.15) is 5.84 Å². The summed E-state index contributed by atoms with van der Waals surface area (Å²) in [6.07, 6.45) is 1.09. The summed E-state index contributed by atoms with van der Waals surface area (Å²) >= 11 is 0. The van der Waals surface area contributed by atoms with Crippen molar-refractivity contribution in [3.05, 3.63) is 0 Å². The van der Waals surface area contributed by atoms with Crippen molar-refractivity contribution in [1.29, 1.82) is 5.41 Å². The normalized spacial score (nSPS) is 31.9. The second-order valence-corrected chi connectivity index (χ2v) is 3.89. The first kappa shape index (κ1) is 10.5. The highest BCUT2D eigenvalue weighted by molar-refractivity contribution is 5.82. The second-order valence-electron chi connectivity index (χ2n) is 3.89. The summed E-state index contributed by atoms with van der Waals surface area (Å²) in [7, 11) is 0. The third-order valence-electron chi connectivity index (χ3n) is 3.06. The topological polar surface area (TPSA) is 73.3 Å². The molecule has 0 saturated carbocycles. The molecule has 1 aliphatic heterocycles. The van der Waals surface area contributed by atoms with Gasteiger partial charge in [-0.15, -0.1) is 0 Å². The van der Waals surface area contributed by atoms with Gasteiger partial charge in [0.05, 0.1) is 12.6 Å². The lowest BCUT2D eigenvalue weighted by molar-refractivity contribution is 0.129. The lowest BCUT2D eigenvalue weighted by atomic mass is 10.0. The lowest BCUT2D eigenvalue weighted by Crippen LogP contribution is -2.47. The first-order chi connectivity index (χ1) is 6.07. The molecule has 1 rings (SSSR count). The number of nitrogens with two attached hydrogens (primary N) is 1. The van der Waals surface area contributed by atoms with Gasteiger partial charge in [-0.25, -0.2) is 0 Å². The second kappa shape index (κ2) is 4.07. The minimum atomic E-state index is -0.0397. The Hall–Kier alpha value is -0.610. The maximum Gasteiger partial charge on any atom is 0.108 e. The average Bonchev–Trinajstić information content (AvgIpc) is 2.45. The Morgan fingerprint density at radius 2 is 2.38 bits per heavy atom. The van der Waals surface area contributed by atoms with Gasteiger partial charge in [0.15, 0.2) is 0 Å². The molecule has 0 spiro atoms. The van der Waals surface area contributed by atoms with Crippen LogP contribution < -0.4 is 5.73 Å². The van der Waals surface area contributed by atoms with E-state index in [1.54, 1.807) is 0 Å². The highest BCUT2D eigenvalue weighted by Crippen LogP contribution is 2.25. The fourth-order valence-corrected chi connectivity index (χ4v) is 1.98. The van der Waals surface area contributed by atoms with Crippen LogP contribution >= 0.6 is 0 Å². The summed E-state index contributed by atoms with van der Waals surface area (Å²) in [6, 6.07) is 0.140. The van der Waals surface area contributed by atoms with E-state index in [9.17, 15) is 5.11 Å². The predicted octanol–water partition coefficient (Wildman–Crippen LogP) is 0.0136. The van der Waals surface area contributed by atoms with Crippen LogP contribution in [0, 0.1) is 11.3 Å². The number of aliphatic hydroxyl groups is 1. The average molecular weight is 185 g/mol. The van der Waals surface area contributed by atoms with Crippen molar-refractivity contribution in [2.24, 2.45) is 11.7 Å². The molecule has 0 aromatic heterocycles. The summed E-state index contributed by atoms with van der Waals surface area (Å²) in [5, 5.41) is 16.5. The maximum atomic E-state index is 9.18. The zero-order chi connectivity index (χ0) is 10.0. The quantitative estimate of drug-likeness (QED) is 0.428. The molecule has 0 bridgehead atoms. The molecule has 4 N–H and O–H groups in total. The molecular formula is C9H19N3O. The van der Waals surface area contributed by atoms with Crippen molar-refractivity contribution in [3.8, 4) is 0 Å². The Morgan fingerprint density at radius 3 is 2.85 bits per heavy atom. The molecule has 0 aliphatic carbocycles. The monoisotopic (exact) mass is 185 g/mol. The number of nitrogens with one attached hydrogen (secondary N) is 1. The zero-order valence-electron chi connectivity index (χ0n) is 8.33. The van der Waals surface area contributed by atoms with E-state index < -0.39 is 0 Å². The van der Waals surface area contributed by atoms with Crippen LogP contribution in [0.15, 0.2) is 0 Å². The maximum absolute atomic E-state index is 9.18. The molecule has 0 amide bonds. The summed E-state index contributed by atoms with van der Waals surface area (Å²) in [6.45, 7) is 5.16. The van der Waals surface area contributed by atoms with Crippen molar-refractivity contribution in [1.82, 2.24) is 4.90 Å². The van der Waals surface area contributed by atoms with Gasteiger partial charge in [-0.05, 0) is 25.8 Å². The van der Waals surface area contributed by atoms with Gasteiger partial charge in [-0.1, -0.05) is 6.92 Å². The van der Waals surface area contributed by atoms with Crippen molar-refractivity contribution in [2.75, 3.05) is 13.2 Å². The Bertz CT molecular complexity index is 195. The van der Waals surface area contributed by atoms with Gasteiger partial charge in [-0.2, -0.15) is 0 Å². The van der Waals surface area contributed by atoms with Crippen LogP contribution in [0.25, 0.3) is 0 Å². The Morgan fingerprint density at radius 1 is 1.77 bits per heavy atom. The van der Waals surface area contributed by atoms with E-state index in [0.717, 1.165) is 13.0 Å². The van der Waals surface area contributed by atoms with Crippen LogP contribution in [0.3, 0.4) is 0 Å². The van der Waals surface area contributed by atoms with Crippen LogP contribution in [0.5, 0.6) is 0 Å². The third-order valence-corrected chi connectivity index (χ3v) is 3.06. The first-order valence-electron chi connectivity index (χ1n) is 4.78. The zero-order valence-corrected chi connectivity index (χ0v) is 8.33.